The molecule has 0 spiro atoms. The molecule has 68 valence electrons. The van der Waals surface area contributed by atoms with Crippen LogP contribution in [0.2, 0.25) is 0 Å². The highest BCUT2D eigenvalue weighted by atomic mass is 16.5. The number of carbonyl (C=O) groups is 2. The van der Waals surface area contributed by atoms with Crippen LogP contribution in [0.15, 0.2) is 0 Å². The number of amides is 2. The number of esters is 1. The zero-order valence-corrected chi connectivity index (χ0v) is 6.37. The Morgan fingerprint density at radius 1 is 1.75 bits per heavy atom. The Morgan fingerprint density at radius 2 is 2.50 bits per heavy atom. The number of hydrogen-bond donors (Lipinski definition) is 3. The van der Waals surface area contributed by atoms with Gasteiger partial charge in [-0.15, -0.1) is 0 Å². The van der Waals surface area contributed by atoms with Crippen molar-refractivity contribution in [2.45, 2.75) is 6.04 Å². The van der Waals surface area contributed by atoms with Crippen LogP contribution >= 0.6 is 0 Å². The molecule has 3 N–H and O–H groups in total. The highest BCUT2D eigenvalue weighted by Gasteiger charge is 2.27. The van der Waals surface area contributed by atoms with Gasteiger partial charge in [0.05, 0.1) is 13.2 Å². The Kier molecular flexibility index (Phi) is 2.87. The van der Waals surface area contributed by atoms with Gasteiger partial charge in [0.1, 0.15) is 12.6 Å². The predicted octanol–water partition coefficient (Wildman–Crippen LogP) is -1.80. The van der Waals surface area contributed by atoms with Crippen molar-refractivity contribution in [3.8, 4) is 0 Å². The first kappa shape index (κ1) is 8.79. The van der Waals surface area contributed by atoms with E-state index in [4.69, 9.17) is 5.11 Å². The smallest absolute Gasteiger partial charge is 0.330 e. The van der Waals surface area contributed by atoms with Gasteiger partial charge >= 0.3 is 12.0 Å². The van der Waals surface area contributed by atoms with Crippen molar-refractivity contribution in [2.24, 2.45) is 0 Å². The lowest BCUT2D eigenvalue weighted by molar-refractivity contribution is -0.146. The largest absolute Gasteiger partial charge is 0.462 e. The fourth-order valence-corrected chi connectivity index (χ4v) is 0.844. The van der Waals surface area contributed by atoms with Gasteiger partial charge in [0.2, 0.25) is 0 Å². The Hall–Kier alpha value is -1.30. The molecule has 0 radical (unpaired) electrons. The summed E-state index contributed by atoms with van der Waals surface area (Å²) in [4.78, 5) is 21.5. The van der Waals surface area contributed by atoms with Crippen LogP contribution in [0.1, 0.15) is 0 Å². The topological polar surface area (TPSA) is 87.7 Å². The van der Waals surface area contributed by atoms with Crippen molar-refractivity contribution in [1.29, 1.82) is 0 Å². The van der Waals surface area contributed by atoms with Crippen molar-refractivity contribution >= 4 is 12.0 Å². The third-order valence-corrected chi connectivity index (χ3v) is 1.39. The molecule has 2 amide bonds. The maximum Gasteiger partial charge on any atom is 0.330 e. The van der Waals surface area contributed by atoms with Crippen LogP contribution in [0.3, 0.4) is 0 Å². The first-order valence-corrected chi connectivity index (χ1v) is 3.56. The van der Waals surface area contributed by atoms with E-state index in [9.17, 15) is 9.59 Å². The quantitative estimate of drug-likeness (QED) is 0.441. The second-order valence-corrected chi connectivity index (χ2v) is 2.30. The predicted molar refractivity (Wildman–Crippen MR) is 38.4 cm³/mol. The van der Waals surface area contributed by atoms with Crippen molar-refractivity contribution < 1.29 is 19.4 Å². The summed E-state index contributed by atoms with van der Waals surface area (Å²) in [5.74, 6) is -0.526. The third kappa shape index (κ3) is 2.09. The number of nitrogens with one attached hydrogen (secondary N) is 2. The number of rotatable bonds is 3. The second-order valence-electron chi connectivity index (χ2n) is 2.30. The standard InChI is InChI=1S/C6H10N2O4/c9-1-2-12-5(10)4-3-7-6(11)8-4/h4,9H,1-3H2,(H2,7,8,11). The minimum atomic E-state index is -0.621. The van der Waals surface area contributed by atoms with Crippen LogP contribution in [0.25, 0.3) is 0 Å². The van der Waals surface area contributed by atoms with Gasteiger partial charge in [0.25, 0.3) is 0 Å². The molecule has 12 heavy (non-hydrogen) atoms. The van der Waals surface area contributed by atoms with Gasteiger partial charge < -0.3 is 20.5 Å². The fraction of sp³-hybridized carbons (Fsp3) is 0.667. The van der Waals surface area contributed by atoms with E-state index in [0.717, 1.165) is 0 Å². The number of aliphatic hydroxyl groups is 1. The third-order valence-electron chi connectivity index (χ3n) is 1.39. The molecule has 1 fully saturated rings. The Balaban J connectivity index is 2.28. The molecule has 0 aromatic heterocycles. The lowest BCUT2D eigenvalue weighted by atomic mass is 10.3. The van der Waals surface area contributed by atoms with E-state index in [1.54, 1.807) is 0 Å². The van der Waals surface area contributed by atoms with E-state index in [1.165, 1.54) is 0 Å². The summed E-state index contributed by atoms with van der Waals surface area (Å²) in [7, 11) is 0. The molecule has 0 bridgehead atoms. The molecular weight excluding hydrogens is 164 g/mol. The Labute approximate surface area is 68.9 Å². The van der Waals surface area contributed by atoms with E-state index in [1.807, 2.05) is 0 Å². The van der Waals surface area contributed by atoms with Crippen LogP contribution in [-0.4, -0.2) is 42.9 Å². The van der Waals surface area contributed by atoms with E-state index in [2.05, 4.69) is 15.4 Å². The van der Waals surface area contributed by atoms with Gasteiger partial charge in [0, 0.05) is 0 Å². The molecule has 0 aromatic rings. The maximum absolute atomic E-state index is 11.0. The van der Waals surface area contributed by atoms with Crippen molar-refractivity contribution in [3.63, 3.8) is 0 Å². The number of ether oxygens (including phenoxy) is 1. The monoisotopic (exact) mass is 174 g/mol. The summed E-state index contributed by atoms with van der Waals surface area (Å²) in [6.45, 7) is -0.00582. The molecule has 0 aliphatic carbocycles. The van der Waals surface area contributed by atoms with Crippen LogP contribution < -0.4 is 10.6 Å². The van der Waals surface area contributed by atoms with Gasteiger partial charge in [-0.1, -0.05) is 0 Å². The minimum absolute atomic E-state index is 0.0365. The maximum atomic E-state index is 11.0. The zero-order valence-electron chi connectivity index (χ0n) is 6.37. The Bertz CT molecular complexity index is 194. The molecule has 1 atom stereocenters. The minimum Gasteiger partial charge on any atom is -0.462 e. The fourth-order valence-electron chi connectivity index (χ4n) is 0.844. The average molecular weight is 174 g/mol. The Morgan fingerprint density at radius 3 is 3.00 bits per heavy atom. The molecule has 1 saturated heterocycles. The lowest BCUT2D eigenvalue weighted by Gasteiger charge is -2.06. The van der Waals surface area contributed by atoms with Crippen LogP contribution in [0, 0.1) is 0 Å². The number of aliphatic hydroxyl groups excluding tert-OH is 1. The summed E-state index contributed by atoms with van der Waals surface area (Å²) >= 11 is 0. The molecule has 1 aliphatic rings. The first-order chi connectivity index (χ1) is 5.74. The summed E-state index contributed by atoms with van der Waals surface area (Å²) in [5.41, 5.74) is 0. The molecule has 1 aliphatic heterocycles. The summed E-state index contributed by atoms with van der Waals surface area (Å²) in [6.07, 6.45) is 0. The van der Waals surface area contributed by atoms with Crippen LogP contribution in [0.4, 0.5) is 4.79 Å². The van der Waals surface area contributed by atoms with Crippen molar-refractivity contribution in [3.05, 3.63) is 0 Å². The van der Waals surface area contributed by atoms with Crippen LogP contribution in [0.5, 0.6) is 0 Å². The van der Waals surface area contributed by atoms with Gasteiger partial charge in [-0.05, 0) is 0 Å². The van der Waals surface area contributed by atoms with Crippen molar-refractivity contribution in [1.82, 2.24) is 10.6 Å². The molecule has 6 nitrogen and oxygen atoms in total. The van der Waals surface area contributed by atoms with E-state index in [0.29, 0.717) is 0 Å². The van der Waals surface area contributed by atoms with Gasteiger partial charge in [-0.25, -0.2) is 9.59 Å². The summed E-state index contributed by atoms with van der Waals surface area (Å²) < 4.78 is 4.58. The average Bonchev–Trinajstić information content (AvgIpc) is 2.47. The zero-order chi connectivity index (χ0) is 8.97. The normalized spacial score (nSPS) is 21.4. The van der Waals surface area contributed by atoms with Crippen LogP contribution in [-0.2, 0) is 9.53 Å². The molecule has 1 heterocycles. The highest BCUT2D eigenvalue weighted by molar-refractivity contribution is 5.87. The van der Waals surface area contributed by atoms with Crippen molar-refractivity contribution in [2.75, 3.05) is 19.8 Å². The molecule has 6 heteroatoms. The molecule has 1 rings (SSSR count). The number of urea groups is 1. The molecule has 0 saturated carbocycles. The number of hydrogen-bond acceptors (Lipinski definition) is 4. The summed E-state index contributed by atoms with van der Waals surface area (Å²) in [5, 5.41) is 13.1. The van der Waals surface area contributed by atoms with E-state index in [-0.39, 0.29) is 25.8 Å². The van der Waals surface area contributed by atoms with Gasteiger partial charge in [-0.3, -0.25) is 0 Å². The summed E-state index contributed by atoms with van der Waals surface area (Å²) in [6, 6.07) is -0.995. The van der Waals surface area contributed by atoms with E-state index < -0.39 is 12.0 Å². The lowest BCUT2D eigenvalue weighted by Crippen LogP contribution is -2.36. The highest BCUT2D eigenvalue weighted by Crippen LogP contribution is 1.93. The van der Waals surface area contributed by atoms with Gasteiger partial charge in [0.15, 0.2) is 0 Å². The molecule has 1 unspecified atom stereocenters. The van der Waals surface area contributed by atoms with Gasteiger partial charge in [-0.2, -0.15) is 0 Å². The molecular formula is C6H10N2O4. The van der Waals surface area contributed by atoms with E-state index >= 15 is 0 Å². The molecule has 0 aromatic carbocycles. The second kappa shape index (κ2) is 3.91. The number of carbonyl (C=O) groups excluding carboxylic acids is 2. The first-order valence-electron chi connectivity index (χ1n) is 3.56. The SMILES string of the molecule is O=C1NCC(C(=O)OCCO)N1.